The number of hydrogen-bond acceptors (Lipinski definition) is 7. The number of hydrogen-bond donors (Lipinski definition) is 1. The van der Waals surface area contributed by atoms with Gasteiger partial charge in [-0.15, -0.1) is 16.9 Å². The van der Waals surface area contributed by atoms with Gasteiger partial charge in [-0.25, -0.2) is 0 Å². The highest BCUT2D eigenvalue weighted by molar-refractivity contribution is 8.00. The number of nitrogens with zero attached hydrogens (tertiary/aromatic N) is 2. The summed E-state index contributed by atoms with van der Waals surface area (Å²) in [5.41, 5.74) is 0.604. The lowest BCUT2D eigenvalue weighted by molar-refractivity contribution is -0.113. The number of carbonyl (C=O) groups is 1. The second-order valence-corrected chi connectivity index (χ2v) is 7.41. The van der Waals surface area contributed by atoms with E-state index in [2.05, 4.69) is 15.5 Å². The van der Waals surface area contributed by atoms with E-state index in [0.29, 0.717) is 28.7 Å². The van der Waals surface area contributed by atoms with Crippen LogP contribution in [-0.2, 0) is 4.79 Å². The van der Waals surface area contributed by atoms with Crippen molar-refractivity contribution in [2.24, 2.45) is 0 Å². The Labute approximate surface area is 175 Å². The molecule has 0 aliphatic carbocycles. The zero-order valence-electron chi connectivity index (χ0n) is 15.3. The van der Waals surface area contributed by atoms with Crippen LogP contribution in [0.25, 0.3) is 22.6 Å². The molecule has 0 saturated heterocycles. The Balaban J connectivity index is 1.43. The van der Waals surface area contributed by atoms with Gasteiger partial charge in [0.15, 0.2) is 17.1 Å². The second kappa shape index (κ2) is 8.59. The summed E-state index contributed by atoms with van der Waals surface area (Å²) in [7, 11) is 0. The third-order valence-corrected chi connectivity index (χ3v) is 5.14. The molecule has 148 valence electrons. The van der Waals surface area contributed by atoms with Crippen molar-refractivity contribution in [2.75, 3.05) is 17.7 Å². The fraction of sp³-hybridized carbons (Fsp3) is 0.150. The molecule has 0 atom stereocenters. The molecule has 4 aromatic rings. The SMILES string of the molecule is CCOc1cccc2cc(-c3nnc(NC(=O)CSc4ccc(Cl)cc4)o3)oc12. The number of amides is 1. The van der Waals surface area contributed by atoms with Crippen molar-refractivity contribution in [2.45, 2.75) is 11.8 Å². The van der Waals surface area contributed by atoms with E-state index in [1.165, 1.54) is 11.8 Å². The van der Waals surface area contributed by atoms with Gasteiger partial charge in [0.25, 0.3) is 5.89 Å². The van der Waals surface area contributed by atoms with E-state index in [9.17, 15) is 4.79 Å². The molecule has 2 heterocycles. The van der Waals surface area contributed by atoms with Crippen molar-refractivity contribution in [3.8, 4) is 17.4 Å². The molecule has 4 rings (SSSR count). The molecule has 2 aromatic carbocycles. The lowest BCUT2D eigenvalue weighted by Crippen LogP contribution is -2.14. The summed E-state index contributed by atoms with van der Waals surface area (Å²) in [6.07, 6.45) is 0. The number of ether oxygens (including phenoxy) is 1. The minimum Gasteiger partial charge on any atom is -0.490 e. The van der Waals surface area contributed by atoms with Crippen molar-refractivity contribution in [3.05, 3.63) is 53.6 Å². The maximum atomic E-state index is 12.1. The maximum Gasteiger partial charge on any atom is 0.322 e. The van der Waals surface area contributed by atoms with Gasteiger partial charge < -0.3 is 13.6 Å². The van der Waals surface area contributed by atoms with Gasteiger partial charge in [-0.3, -0.25) is 10.1 Å². The number of fused-ring (bicyclic) bond motifs is 1. The fourth-order valence-electron chi connectivity index (χ4n) is 2.62. The van der Waals surface area contributed by atoms with Crippen LogP contribution >= 0.6 is 23.4 Å². The summed E-state index contributed by atoms with van der Waals surface area (Å²) in [6.45, 7) is 2.43. The van der Waals surface area contributed by atoms with Gasteiger partial charge in [-0.05, 0) is 43.3 Å². The lowest BCUT2D eigenvalue weighted by Gasteiger charge is -2.02. The molecule has 1 amide bonds. The number of para-hydroxylation sites is 1. The molecule has 0 fully saturated rings. The highest BCUT2D eigenvalue weighted by Crippen LogP contribution is 2.33. The van der Waals surface area contributed by atoms with Crippen LogP contribution in [0.5, 0.6) is 5.75 Å². The molecule has 0 aliphatic rings. The standard InChI is InChI=1S/C20H16ClN3O4S/c1-2-26-15-5-3-4-12-10-16(27-18(12)15)19-23-24-20(28-19)22-17(25)11-29-14-8-6-13(21)7-9-14/h3-10H,2,11H2,1H3,(H,22,24,25). The van der Waals surface area contributed by atoms with Gasteiger partial charge in [0.05, 0.1) is 12.4 Å². The third-order valence-electron chi connectivity index (χ3n) is 3.87. The number of thioether (sulfide) groups is 1. The van der Waals surface area contributed by atoms with Crippen LogP contribution in [0, 0.1) is 0 Å². The molecular formula is C20H16ClN3O4S. The van der Waals surface area contributed by atoms with Crippen LogP contribution in [-0.4, -0.2) is 28.5 Å². The Morgan fingerprint density at radius 3 is 2.79 bits per heavy atom. The highest BCUT2D eigenvalue weighted by atomic mass is 35.5. The first kappa shape index (κ1) is 19.4. The average molecular weight is 430 g/mol. The van der Waals surface area contributed by atoms with Gasteiger partial charge in [-0.2, -0.15) is 0 Å². The maximum absolute atomic E-state index is 12.1. The topological polar surface area (TPSA) is 90.4 Å². The van der Waals surface area contributed by atoms with E-state index >= 15 is 0 Å². The summed E-state index contributed by atoms with van der Waals surface area (Å²) >= 11 is 7.23. The average Bonchev–Trinajstić information content (AvgIpc) is 3.35. The molecule has 1 N–H and O–H groups in total. The smallest absolute Gasteiger partial charge is 0.322 e. The largest absolute Gasteiger partial charge is 0.490 e. The van der Waals surface area contributed by atoms with Crippen molar-refractivity contribution in [1.29, 1.82) is 0 Å². The number of halogens is 1. The molecule has 0 unspecified atom stereocenters. The van der Waals surface area contributed by atoms with E-state index in [-0.39, 0.29) is 23.6 Å². The molecule has 0 bridgehead atoms. The van der Waals surface area contributed by atoms with E-state index in [4.69, 9.17) is 25.2 Å². The van der Waals surface area contributed by atoms with E-state index in [1.54, 1.807) is 18.2 Å². The Bertz CT molecular complexity index is 1140. The first-order valence-electron chi connectivity index (χ1n) is 8.80. The third kappa shape index (κ3) is 4.55. The molecule has 0 radical (unpaired) electrons. The lowest BCUT2D eigenvalue weighted by atomic mass is 10.2. The predicted octanol–water partition coefficient (Wildman–Crippen LogP) is 5.27. The molecule has 29 heavy (non-hydrogen) atoms. The fourth-order valence-corrected chi connectivity index (χ4v) is 3.44. The number of anilines is 1. The number of benzene rings is 2. The van der Waals surface area contributed by atoms with E-state index in [0.717, 1.165) is 10.3 Å². The van der Waals surface area contributed by atoms with Crippen molar-refractivity contribution < 1.29 is 18.4 Å². The summed E-state index contributed by atoms with van der Waals surface area (Å²) in [5.74, 6) is 1.15. The molecule has 7 nitrogen and oxygen atoms in total. The van der Waals surface area contributed by atoms with Crippen LogP contribution in [0.2, 0.25) is 5.02 Å². The summed E-state index contributed by atoms with van der Waals surface area (Å²) in [6, 6.07) is 14.7. The van der Waals surface area contributed by atoms with Gasteiger partial charge in [0.2, 0.25) is 5.91 Å². The van der Waals surface area contributed by atoms with E-state index < -0.39 is 0 Å². The minimum atomic E-state index is -0.261. The molecule has 0 saturated carbocycles. The number of carbonyl (C=O) groups excluding carboxylic acids is 1. The van der Waals surface area contributed by atoms with Crippen LogP contribution in [0.4, 0.5) is 6.01 Å². The highest BCUT2D eigenvalue weighted by Gasteiger charge is 2.17. The zero-order chi connectivity index (χ0) is 20.2. The van der Waals surface area contributed by atoms with Gasteiger partial charge >= 0.3 is 6.01 Å². The quantitative estimate of drug-likeness (QED) is 0.400. The first-order valence-corrected chi connectivity index (χ1v) is 10.2. The van der Waals surface area contributed by atoms with Gasteiger partial charge in [0, 0.05) is 15.3 Å². The number of nitrogens with one attached hydrogen (secondary N) is 1. The zero-order valence-corrected chi connectivity index (χ0v) is 16.9. The monoisotopic (exact) mass is 429 g/mol. The summed E-state index contributed by atoms with van der Waals surface area (Å²) < 4.78 is 16.9. The van der Waals surface area contributed by atoms with E-state index in [1.807, 2.05) is 37.3 Å². The van der Waals surface area contributed by atoms with Crippen molar-refractivity contribution in [1.82, 2.24) is 10.2 Å². The molecule has 9 heteroatoms. The number of aromatic nitrogens is 2. The second-order valence-electron chi connectivity index (χ2n) is 5.92. The van der Waals surface area contributed by atoms with Crippen molar-refractivity contribution >= 4 is 46.3 Å². The Morgan fingerprint density at radius 2 is 2.00 bits per heavy atom. The van der Waals surface area contributed by atoms with Crippen LogP contribution in [0.3, 0.4) is 0 Å². The van der Waals surface area contributed by atoms with Crippen LogP contribution in [0.15, 0.2) is 62.3 Å². The number of rotatable bonds is 7. The summed E-state index contributed by atoms with van der Waals surface area (Å²) in [5, 5.41) is 11.9. The van der Waals surface area contributed by atoms with Crippen LogP contribution < -0.4 is 10.1 Å². The van der Waals surface area contributed by atoms with Crippen molar-refractivity contribution in [3.63, 3.8) is 0 Å². The minimum absolute atomic E-state index is 0.00666. The Morgan fingerprint density at radius 1 is 1.17 bits per heavy atom. The molecule has 0 spiro atoms. The first-order chi connectivity index (χ1) is 14.1. The molecular weight excluding hydrogens is 414 g/mol. The molecule has 2 aromatic heterocycles. The molecule has 0 aliphatic heterocycles. The Kier molecular flexibility index (Phi) is 5.73. The van der Waals surface area contributed by atoms with Gasteiger partial charge in [-0.1, -0.05) is 28.8 Å². The normalized spacial score (nSPS) is 11.0. The van der Waals surface area contributed by atoms with Gasteiger partial charge in [0.1, 0.15) is 0 Å². The Hall–Kier alpha value is -2.97. The van der Waals surface area contributed by atoms with Crippen LogP contribution in [0.1, 0.15) is 6.92 Å². The summed E-state index contributed by atoms with van der Waals surface area (Å²) in [4.78, 5) is 13.1. The predicted molar refractivity (Wildman–Crippen MR) is 111 cm³/mol. The number of furan rings is 1.